The maximum absolute atomic E-state index is 11.2. The molecule has 0 aliphatic carbocycles. The predicted octanol–water partition coefficient (Wildman–Crippen LogP) is 1.04. The van der Waals surface area contributed by atoms with Crippen molar-refractivity contribution in [2.24, 2.45) is 5.73 Å². The second kappa shape index (κ2) is 5.11. The van der Waals surface area contributed by atoms with Crippen LogP contribution in [0.1, 0.15) is 11.1 Å². The zero-order chi connectivity index (χ0) is 12.1. The number of nitrogens with two attached hydrogens (primary N) is 1. The SMILES string of the molecule is COC(=O)/C=C(\C(N)=O)c1ccccc1C. The summed E-state index contributed by atoms with van der Waals surface area (Å²) in [5.74, 6) is -1.25. The zero-order valence-corrected chi connectivity index (χ0v) is 9.19. The Labute approximate surface area is 93.7 Å². The number of aryl methyl sites for hydroxylation is 1. The number of ether oxygens (including phenoxy) is 1. The Kier molecular flexibility index (Phi) is 3.83. The smallest absolute Gasteiger partial charge is 0.331 e. The third kappa shape index (κ3) is 2.70. The molecule has 0 atom stereocenters. The molecule has 1 amide bonds. The highest BCUT2D eigenvalue weighted by Gasteiger charge is 2.12. The van der Waals surface area contributed by atoms with Crippen LogP contribution in [-0.2, 0) is 14.3 Å². The minimum atomic E-state index is -0.653. The fourth-order valence-electron chi connectivity index (χ4n) is 1.33. The number of carbonyl (C=O) groups excluding carboxylic acids is 2. The van der Waals surface area contributed by atoms with Crippen molar-refractivity contribution < 1.29 is 14.3 Å². The van der Waals surface area contributed by atoms with E-state index in [0.717, 1.165) is 11.6 Å². The van der Waals surface area contributed by atoms with Gasteiger partial charge in [-0.1, -0.05) is 24.3 Å². The molecule has 84 valence electrons. The first-order chi connectivity index (χ1) is 7.56. The molecular weight excluding hydrogens is 206 g/mol. The van der Waals surface area contributed by atoms with E-state index in [9.17, 15) is 9.59 Å². The van der Waals surface area contributed by atoms with Crippen LogP contribution in [0.3, 0.4) is 0 Å². The number of hydrogen-bond acceptors (Lipinski definition) is 3. The van der Waals surface area contributed by atoms with Gasteiger partial charge in [0.2, 0.25) is 5.91 Å². The summed E-state index contributed by atoms with van der Waals surface area (Å²) in [6, 6.07) is 7.18. The summed E-state index contributed by atoms with van der Waals surface area (Å²) >= 11 is 0. The quantitative estimate of drug-likeness (QED) is 0.610. The first-order valence-electron chi connectivity index (χ1n) is 4.71. The van der Waals surface area contributed by atoms with Crippen LogP contribution in [-0.4, -0.2) is 19.0 Å². The van der Waals surface area contributed by atoms with Gasteiger partial charge in [-0.3, -0.25) is 4.79 Å². The van der Waals surface area contributed by atoms with Crippen LogP contribution in [0.2, 0.25) is 0 Å². The van der Waals surface area contributed by atoms with Gasteiger partial charge in [-0.25, -0.2) is 4.79 Å². The van der Waals surface area contributed by atoms with E-state index >= 15 is 0 Å². The summed E-state index contributed by atoms with van der Waals surface area (Å²) in [7, 11) is 1.25. The summed E-state index contributed by atoms with van der Waals surface area (Å²) in [5.41, 5.74) is 6.89. The molecule has 16 heavy (non-hydrogen) atoms. The first kappa shape index (κ1) is 12.0. The van der Waals surface area contributed by atoms with Gasteiger partial charge in [0, 0.05) is 6.08 Å². The molecule has 0 spiro atoms. The molecule has 2 N–H and O–H groups in total. The standard InChI is InChI=1S/C12H13NO3/c1-8-5-3-4-6-9(8)10(12(13)15)7-11(14)16-2/h3-7H,1-2H3,(H2,13,15)/b10-7-. The molecule has 0 saturated heterocycles. The van der Waals surface area contributed by atoms with Crippen LogP contribution in [0.25, 0.3) is 5.57 Å². The average molecular weight is 219 g/mol. The van der Waals surface area contributed by atoms with Crippen molar-refractivity contribution in [1.29, 1.82) is 0 Å². The Balaban J connectivity index is 3.24. The molecule has 1 aromatic rings. The lowest BCUT2D eigenvalue weighted by molar-refractivity contribution is -0.135. The van der Waals surface area contributed by atoms with Crippen LogP contribution in [0.5, 0.6) is 0 Å². The Morgan fingerprint density at radius 2 is 1.94 bits per heavy atom. The number of primary amides is 1. The topological polar surface area (TPSA) is 69.4 Å². The lowest BCUT2D eigenvalue weighted by atomic mass is 10.00. The Bertz CT molecular complexity index is 449. The molecule has 4 heteroatoms. The lowest BCUT2D eigenvalue weighted by Gasteiger charge is -2.06. The maximum Gasteiger partial charge on any atom is 0.331 e. The van der Waals surface area contributed by atoms with Gasteiger partial charge in [-0.2, -0.15) is 0 Å². The highest BCUT2D eigenvalue weighted by atomic mass is 16.5. The number of amides is 1. The summed E-state index contributed by atoms with van der Waals surface area (Å²) < 4.78 is 4.47. The Hall–Kier alpha value is -2.10. The van der Waals surface area contributed by atoms with Crippen LogP contribution < -0.4 is 5.73 Å². The molecule has 0 heterocycles. The second-order valence-electron chi connectivity index (χ2n) is 3.26. The summed E-state index contributed by atoms with van der Waals surface area (Å²) in [5, 5.41) is 0. The first-order valence-corrected chi connectivity index (χ1v) is 4.71. The van der Waals surface area contributed by atoms with Crippen LogP contribution >= 0.6 is 0 Å². The van der Waals surface area contributed by atoms with Crippen molar-refractivity contribution in [1.82, 2.24) is 0 Å². The summed E-state index contributed by atoms with van der Waals surface area (Å²) in [4.78, 5) is 22.4. The summed E-state index contributed by atoms with van der Waals surface area (Å²) in [6.07, 6.45) is 1.10. The van der Waals surface area contributed by atoms with Gasteiger partial charge >= 0.3 is 5.97 Å². The molecule has 0 fully saturated rings. The van der Waals surface area contributed by atoms with Crippen molar-refractivity contribution in [3.05, 3.63) is 41.5 Å². The maximum atomic E-state index is 11.2. The molecule has 4 nitrogen and oxygen atoms in total. The molecule has 1 rings (SSSR count). The number of methoxy groups -OCH3 is 1. The fourth-order valence-corrected chi connectivity index (χ4v) is 1.33. The Morgan fingerprint density at radius 3 is 2.44 bits per heavy atom. The highest BCUT2D eigenvalue weighted by molar-refractivity contribution is 6.22. The average Bonchev–Trinajstić information content (AvgIpc) is 2.26. The second-order valence-corrected chi connectivity index (χ2v) is 3.26. The molecule has 0 aliphatic heterocycles. The fraction of sp³-hybridized carbons (Fsp3) is 0.167. The van der Waals surface area contributed by atoms with Crippen LogP contribution in [0, 0.1) is 6.92 Å². The molecule has 0 saturated carbocycles. The van der Waals surface area contributed by atoms with E-state index in [0.29, 0.717) is 5.56 Å². The van der Waals surface area contributed by atoms with Gasteiger partial charge in [0.25, 0.3) is 0 Å². The summed E-state index contributed by atoms with van der Waals surface area (Å²) in [6.45, 7) is 1.84. The van der Waals surface area contributed by atoms with Gasteiger partial charge in [-0.15, -0.1) is 0 Å². The van der Waals surface area contributed by atoms with E-state index in [1.807, 2.05) is 19.1 Å². The van der Waals surface area contributed by atoms with E-state index in [1.165, 1.54) is 7.11 Å². The lowest BCUT2D eigenvalue weighted by Crippen LogP contribution is -2.15. The van der Waals surface area contributed by atoms with E-state index < -0.39 is 11.9 Å². The molecular formula is C12H13NO3. The largest absolute Gasteiger partial charge is 0.466 e. The van der Waals surface area contributed by atoms with Crippen molar-refractivity contribution in [2.75, 3.05) is 7.11 Å². The molecule has 1 aromatic carbocycles. The normalized spacial score (nSPS) is 11.0. The predicted molar refractivity (Wildman–Crippen MR) is 60.4 cm³/mol. The molecule has 0 radical (unpaired) electrons. The molecule has 0 aliphatic rings. The third-order valence-corrected chi connectivity index (χ3v) is 2.16. The van der Waals surface area contributed by atoms with Gasteiger partial charge in [0.1, 0.15) is 0 Å². The van der Waals surface area contributed by atoms with Gasteiger partial charge in [0.15, 0.2) is 0 Å². The minimum Gasteiger partial charge on any atom is -0.466 e. The van der Waals surface area contributed by atoms with E-state index in [1.54, 1.807) is 12.1 Å². The molecule has 0 bridgehead atoms. The number of benzene rings is 1. The van der Waals surface area contributed by atoms with Gasteiger partial charge < -0.3 is 10.5 Å². The monoisotopic (exact) mass is 219 g/mol. The number of esters is 1. The van der Waals surface area contributed by atoms with E-state index in [-0.39, 0.29) is 5.57 Å². The van der Waals surface area contributed by atoms with Crippen molar-refractivity contribution in [3.63, 3.8) is 0 Å². The number of carbonyl (C=O) groups is 2. The van der Waals surface area contributed by atoms with Gasteiger partial charge in [-0.05, 0) is 18.1 Å². The van der Waals surface area contributed by atoms with Crippen molar-refractivity contribution in [3.8, 4) is 0 Å². The van der Waals surface area contributed by atoms with Crippen LogP contribution in [0.4, 0.5) is 0 Å². The minimum absolute atomic E-state index is 0.157. The Morgan fingerprint density at radius 1 is 1.31 bits per heavy atom. The van der Waals surface area contributed by atoms with E-state index in [4.69, 9.17) is 5.73 Å². The van der Waals surface area contributed by atoms with E-state index in [2.05, 4.69) is 4.74 Å². The van der Waals surface area contributed by atoms with Crippen LogP contribution in [0.15, 0.2) is 30.3 Å². The van der Waals surface area contributed by atoms with Crippen molar-refractivity contribution >= 4 is 17.4 Å². The zero-order valence-electron chi connectivity index (χ0n) is 9.19. The number of hydrogen-bond donors (Lipinski definition) is 1. The highest BCUT2D eigenvalue weighted by Crippen LogP contribution is 2.18. The molecule has 0 unspecified atom stereocenters. The van der Waals surface area contributed by atoms with Gasteiger partial charge in [0.05, 0.1) is 12.7 Å². The number of rotatable bonds is 3. The third-order valence-electron chi connectivity index (χ3n) is 2.16. The molecule has 0 aromatic heterocycles. The van der Waals surface area contributed by atoms with Crippen molar-refractivity contribution in [2.45, 2.75) is 6.92 Å².